The molecule has 1 aliphatic heterocycles. The van der Waals surface area contributed by atoms with E-state index in [0.29, 0.717) is 34.5 Å². The topological polar surface area (TPSA) is 127 Å². The summed E-state index contributed by atoms with van der Waals surface area (Å²) in [5.41, 5.74) is 1.94. The molecule has 9 nitrogen and oxygen atoms in total. The smallest absolute Gasteiger partial charge is 0.255 e. The zero-order chi connectivity index (χ0) is 24.7. The number of piperidine rings is 1. The van der Waals surface area contributed by atoms with Crippen molar-refractivity contribution in [2.45, 2.75) is 50.5 Å². The predicted molar refractivity (Wildman–Crippen MR) is 129 cm³/mol. The van der Waals surface area contributed by atoms with Crippen LogP contribution in [0.15, 0.2) is 36.7 Å². The van der Waals surface area contributed by atoms with E-state index in [2.05, 4.69) is 32.1 Å². The molecule has 4 N–H and O–H groups in total. The van der Waals surface area contributed by atoms with E-state index >= 15 is 0 Å². The number of hydrogen-bond donors (Lipinski definition) is 4. The maximum atomic E-state index is 14.2. The second-order valence-corrected chi connectivity index (χ2v) is 9.95. The summed E-state index contributed by atoms with van der Waals surface area (Å²) >= 11 is 0. The van der Waals surface area contributed by atoms with Crippen LogP contribution in [0.25, 0.3) is 16.9 Å². The number of rotatable bonds is 7. The van der Waals surface area contributed by atoms with Crippen LogP contribution in [-0.4, -0.2) is 62.6 Å². The summed E-state index contributed by atoms with van der Waals surface area (Å²) in [5.74, 6) is 0.00896. The van der Waals surface area contributed by atoms with Gasteiger partial charge in [-0.15, -0.1) is 0 Å². The van der Waals surface area contributed by atoms with Gasteiger partial charge in [0.15, 0.2) is 0 Å². The second kappa shape index (κ2) is 8.91. The largest absolute Gasteiger partial charge is 0.387 e. The molecular weight excluding hydrogens is 449 g/mol. The summed E-state index contributed by atoms with van der Waals surface area (Å²) in [6, 6.07) is 10.1. The second-order valence-electron chi connectivity index (χ2n) is 9.95. The minimum Gasteiger partial charge on any atom is -0.387 e. The van der Waals surface area contributed by atoms with E-state index in [1.807, 2.05) is 18.2 Å². The van der Waals surface area contributed by atoms with Crippen molar-refractivity contribution >= 4 is 17.1 Å². The Morgan fingerprint density at radius 2 is 2.20 bits per heavy atom. The van der Waals surface area contributed by atoms with Crippen LogP contribution >= 0.6 is 0 Å². The van der Waals surface area contributed by atoms with Crippen molar-refractivity contribution in [3.63, 3.8) is 0 Å². The standard InChI is InChI=1S/C25H28FN7O2/c1-25(2,35)23(26)13-30-24(34)18-12-29-21(8-20(18)32-19-7-16-6-15(19)11-28-16)22-4-3-17-5-14(9-27)10-31-33(17)22/h3-5,8,10,12,15-16,19,23,28,35H,6-7,11,13H2,1-2H3,(H,29,32)(H,30,34)/t15-,16-,19-,23?/m0/s1. The minimum atomic E-state index is -1.61. The molecule has 10 heteroatoms. The molecule has 3 aromatic heterocycles. The van der Waals surface area contributed by atoms with Gasteiger partial charge in [0, 0.05) is 24.8 Å². The average Bonchev–Trinajstić information content (AvgIpc) is 3.57. The molecule has 1 aliphatic carbocycles. The fourth-order valence-corrected chi connectivity index (χ4v) is 4.89. The zero-order valence-electron chi connectivity index (χ0n) is 19.6. The fourth-order valence-electron chi connectivity index (χ4n) is 4.89. The molecule has 2 bridgehead atoms. The van der Waals surface area contributed by atoms with E-state index in [-0.39, 0.29) is 12.6 Å². The first-order valence-corrected chi connectivity index (χ1v) is 11.8. The molecule has 3 aromatic rings. The first kappa shape index (κ1) is 23.2. The Bertz CT molecular complexity index is 1310. The third-order valence-electron chi connectivity index (χ3n) is 6.95. The van der Waals surface area contributed by atoms with Crippen molar-refractivity contribution in [2.24, 2.45) is 5.92 Å². The number of alkyl halides is 1. The van der Waals surface area contributed by atoms with E-state index in [1.165, 1.54) is 26.2 Å². The molecule has 1 unspecified atom stereocenters. The summed E-state index contributed by atoms with van der Waals surface area (Å²) in [4.78, 5) is 17.5. The van der Waals surface area contributed by atoms with Gasteiger partial charge in [-0.1, -0.05) is 0 Å². The number of nitrogens with zero attached hydrogens (tertiary/aromatic N) is 4. The highest BCUT2D eigenvalue weighted by Gasteiger charge is 2.39. The highest BCUT2D eigenvalue weighted by atomic mass is 19.1. The van der Waals surface area contributed by atoms with Crippen LogP contribution < -0.4 is 16.0 Å². The van der Waals surface area contributed by atoms with Crippen LogP contribution in [0.5, 0.6) is 0 Å². The third-order valence-corrected chi connectivity index (χ3v) is 6.95. The Kier molecular flexibility index (Phi) is 5.91. The summed E-state index contributed by atoms with van der Waals surface area (Å²) in [6.45, 7) is 3.36. The predicted octanol–water partition coefficient (Wildman–Crippen LogP) is 2.27. The van der Waals surface area contributed by atoms with Gasteiger partial charge < -0.3 is 21.1 Å². The van der Waals surface area contributed by atoms with Crippen molar-refractivity contribution in [3.05, 3.63) is 47.8 Å². The lowest BCUT2D eigenvalue weighted by Crippen LogP contribution is -2.42. The SMILES string of the molecule is CC(C)(O)C(F)CNC(=O)c1cnc(-c2ccc3cc(C#N)cnn23)cc1N[C@H]1C[C@@H]2C[C@H]1CN2. The van der Waals surface area contributed by atoms with Crippen molar-refractivity contribution in [1.82, 2.24) is 25.2 Å². The Labute approximate surface area is 202 Å². The van der Waals surface area contributed by atoms with Crippen molar-refractivity contribution in [1.29, 1.82) is 5.26 Å². The van der Waals surface area contributed by atoms with Gasteiger partial charge in [-0.3, -0.25) is 9.78 Å². The van der Waals surface area contributed by atoms with E-state index < -0.39 is 17.7 Å². The van der Waals surface area contributed by atoms with Gasteiger partial charge in [-0.2, -0.15) is 10.4 Å². The molecule has 5 rings (SSSR count). The minimum absolute atomic E-state index is 0.216. The lowest BCUT2D eigenvalue weighted by Gasteiger charge is -2.26. The molecule has 4 heterocycles. The van der Waals surface area contributed by atoms with Gasteiger partial charge >= 0.3 is 0 Å². The normalized spacial score (nSPS) is 22.2. The van der Waals surface area contributed by atoms with Crippen LogP contribution in [0, 0.1) is 17.2 Å². The molecular formula is C25H28FN7O2. The van der Waals surface area contributed by atoms with Crippen molar-refractivity contribution in [3.8, 4) is 17.5 Å². The summed E-state index contributed by atoms with van der Waals surface area (Å²) in [7, 11) is 0. The highest BCUT2D eigenvalue weighted by molar-refractivity contribution is 6.00. The summed E-state index contributed by atoms with van der Waals surface area (Å²) < 4.78 is 15.9. The van der Waals surface area contributed by atoms with Crippen LogP contribution in [0.4, 0.5) is 10.1 Å². The van der Waals surface area contributed by atoms with Gasteiger partial charge in [0.05, 0.1) is 52.1 Å². The molecule has 2 aliphatic rings. The van der Waals surface area contributed by atoms with Gasteiger partial charge in [0.1, 0.15) is 12.2 Å². The lowest BCUT2D eigenvalue weighted by atomic mass is 10.0. The zero-order valence-corrected chi connectivity index (χ0v) is 19.6. The highest BCUT2D eigenvalue weighted by Crippen LogP contribution is 2.35. The van der Waals surface area contributed by atoms with E-state index in [0.717, 1.165) is 30.6 Å². The quantitative estimate of drug-likeness (QED) is 0.411. The number of aliphatic hydroxyl groups is 1. The van der Waals surface area contributed by atoms with E-state index in [4.69, 9.17) is 5.26 Å². The molecule has 0 aromatic carbocycles. The van der Waals surface area contributed by atoms with Gasteiger partial charge in [0.2, 0.25) is 0 Å². The summed E-state index contributed by atoms with van der Waals surface area (Å²) in [5, 5.41) is 33.0. The number of pyridine rings is 1. The number of aromatic nitrogens is 3. The molecule has 1 saturated carbocycles. The number of nitrogens with one attached hydrogen (secondary N) is 3. The number of carbonyl (C=O) groups excluding carboxylic acids is 1. The molecule has 182 valence electrons. The fraction of sp³-hybridized carbons (Fsp3) is 0.440. The Balaban J connectivity index is 1.46. The average molecular weight is 478 g/mol. The van der Waals surface area contributed by atoms with Gasteiger partial charge in [0.25, 0.3) is 5.91 Å². The molecule has 0 spiro atoms. The van der Waals surface area contributed by atoms with Crippen molar-refractivity contribution < 1.29 is 14.3 Å². The van der Waals surface area contributed by atoms with Gasteiger partial charge in [-0.05, 0) is 56.9 Å². The van der Waals surface area contributed by atoms with Gasteiger partial charge in [-0.25, -0.2) is 8.91 Å². The molecule has 0 radical (unpaired) electrons. The first-order chi connectivity index (χ1) is 16.7. The molecule has 35 heavy (non-hydrogen) atoms. The third kappa shape index (κ3) is 4.57. The molecule has 1 amide bonds. The lowest BCUT2D eigenvalue weighted by molar-refractivity contribution is -0.00177. The van der Waals surface area contributed by atoms with Crippen LogP contribution in [0.2, 0.25) is 0 Å². The van der Waals surface area contributed by atoms with E-state index in [9.17, 15) is 14.3 Å². The number of carbonyl (C=O) groups is 1. The Morgan fingerprint density at radius 3 is 2.89 bits per heavy atom. The van der Waals surface area contributed by atoms with E-state index in [1.54, 1.807) is 10.6 Å². The number of amides is 1. The number of anilines is 1. The maximum absolute atomic E-state index is 14.2. The maximum Gasteiger partial charge on any atom is 0.255 e. The first-order valence-electron chi connectivity index (χ1n) is 11.8. The Morgan fingerprint density at radius 1 is 1.37 bits per heavy atom. The monoisotopic (exact) mass is 477 g/mol. The number of nitriles is 1. The number of hydrogen-bond acceptors (Lipinski definition) is 7. The molecule has 2 fully saturated rings. The molecule has 4 atom stereocenters. The number of halogens is 1. The molecule has 1 saturated heterocycles. The number of fused-ring (bicyclic) bond motifs is 3. The Hall–Kier alpha value is -3.55. The van der Waals surface area contributed by atoms with Crippen molar-refractivity contribution in [2.75, 3.05) is 18.4 Å². The van der Waals surface area contributed by atoms with Crippen LogP contribution in [0.1, 0.15) is 42.6 Å². The summed E-state index contributed by atoms with van der Waals surface area (Å²) in [6.07, 6.45) is 3.43. The van der Waals surface area contributed by atoms with Crippen LogP contribution in [0.3, 0.4) is 0 Å². The van der Waals surface area contributed by atoms with Crippen LogP contribution in [-0.2, 0) is 0 Å².